The molecule has 0 amide bonds. The second kappa shape index (κ2) is 4.88. The fourth-order valence-corrected chi connectivity index (χ4v) is 3.90. The first-order valence-electron chi connectivity index (χ1n) is 7.56. The van der Waals surface area contributed by atoms with E-state index in [-0.39, 0.29) is 0 Å². The van der Waals surface area contributed by atoms with Crippen LogP contribution in [0.15, 0.2) is 6.07 Å². The first-order valence-corrected chi connectivity index (χ1v) is 7.56. The summed E-state index contributed by atoms with van der Waals surface area (Å²) in [6, 6.07) is 3.31. The third kappa shape index (κ3) is 2.17. The van der Waals surface area contributed by atoms with Crippen molar-refractivity contribution in [1.82, 2.24) is 4.57 Å². The smallest absolute Gasteiger partial charge is 0.0335 e. The van der Waals surface area contributed by atoms with Gasteiger partial charge >= 0.3 is 0 Å². The number of nitrogens with zero attached hydrogens (tertiary/aromatic N) is 1. The summed E-state index contributed by atoms with van der Waals surface area (Å²) in [4.78, 5) is 0. The highest BCUT2D eigenvalue weighted by atomic mass is 15.0. The summed E-state index contributed by atoms with van der Waals surface area (Å²) in [6.45, 7) is 2.32. The minimum absolute atomic E-state index is 0.825. The molecule has 0 unspecified atom stereocenters. The monoisotopic (exact) mass is 231 g/mol. The van der Waals surface area contributed by atoms with E-state index < -0.39 is 0 Å². The van der Waals surface area contributed by atoms with Gasteiger partial charge in [-0.3, -0.25) is 0 Å². The normalized spacial score (nSPS) is 22.2. The Balaban J connectivity index is 1.94. The summed E-state index contributed by atoms with van der Waals surface area (Å²) in [5.74, 6) is 0. The molecule has 1 saturated carbocycles. The molecule has 1 fully saturated rings. The van der Waals surface area contributed by atoms with Crippen LogP contribution in [0.2, 0.25) is 0 Å². The van der Waals surface area contributed by atoms with Gasteiger partial charge in [-0.1, -0.05) is 25.7 Å². The first kappa shape index (κ1) is 11.4. The zero-order valence-corrected chi connectivity index (χ0v) is 11.2. The maximum Gasteiger partial charge on any atom is 0.0335 e. The Kier molecular flexibility index (Phi) is 3.26. The van der Waals surface area contributed by atoms with Crippen LogP contribution in [0.1, 0.15) is 74.4 Å². The van der Waals surface area contributed by atoms with E-state index in [1.807, 2.05) is 0 Å². The number of hydrogen-bond acceptors (Lipinski definition) is 0. The fourth-order valence-electron chi connectivity index (χ4n) is 3.90. The number of aryl methyl sites for hydroxylation is 2. The van der Waals surface area contributed by atoms with Gasteiger partial charge in [0, 0.05) is 17.4 Å². The Labute approximate surface area is 105 Å². The molecule has 1 aromatic heterocycles. The summed E-state index contributed by atoms with van der Waals surface area (Å²) in [7, 11) is 0. The van der Waals surface area contributed by atoms with Crippen LogP contribution in [0.3, 0.4) is 0 Å². The highest BCUT2D eigenvalue weighted by molar-refractivity contribution is 5.29. The maximum atomic E-state index is 2.72. The molecule has 1 heterocycles. The van der Waals surface area contributed by atoms with Gasteiger partial charge in [0.05, 0.1) is 0 Å². The minimum Gasteiger partial charge on any atom is -0.346 e. The number of hydrogen-bond donors (Lipinski definition) is 0. The fraction of sp³-hybridized carbons (Fsp3) is 0.750. The van der Waals surface area contributed by atoms with Gasteiger partial charge < -0.3 is 4.57 Å². The maximum absolute atomic E-state index is 2.72. The molecule has 0 spiro atoms. The topological polar surface area (TPSA) is 4.93 Å². The predicted molar refractivity (Wildman–Crippen MR) is 72.6 cm³/mol. The third-order valence-corrected chi connectivity index (χ3v) is 4.72. The van der Waals surface area contributed by atoms with Crippen LogP contribution in [-0.4, -0.2) is 4.57 Å². The minimum atomic E-state index is 0.825. The molecular weight excluding hydrogens is 206 g/mol. The quantitative estimate of drug-likeness (QED) is 0.624. The predicted octanol–water partition coefficient (Wildman–Crippen LogP) is 4.57. The lowest BCUT2D eigenvalue weighted by molar-refractivity contribution is 0.342. The summed E-state index contributed by atoms with van der Waals surface area (Å²) >= 11 is 0. The Bertz CT molecular complexity index is 382. The Morgan fingerprint density at radius 2 is 1.65 bits per heavy atom. The Morgan fingerprint density at radius 3 is 2.47 bits per heavy atom. The lowest BCUT2D eigenvalue weighted by Gasteiger charge is -2.27. The van der Waals surface area contributed by atoms with Crippen LogP contribution < -0.4 is 0 Å². The van der Waals surface area contributed by atoms with Crippen LogP contribution in [0.25, 0.3) is 0 Å². The lowest BCUT2D eigenvalue weighted by Crippen LogP contribution is -2.16. The average Bonchev–Trinajstić information content (AvgIpc) is 2.52. The van der Waals surface area contributed by atoms with E-state index in [0.717, 1.165) is 6.04 Å². The van der Waals surface area contributed by atoms with Gasteiger partial charge in [0.2, 0.25) is 0 Å². The highest BCUT2D eigenvalue weighted by Crippen LogP contribution is 2.34. The SMILES string of the molecule is Cc1cc2c(n1C1CCCCC1)CCCCC2. The molecule has 0 radical (unpaired) electrons. The van der Waals surface area contributed by atoms with Crippen molar-refractivity contribution in [1.29, 1.82) is 0 Å². The van der Waals surface area contributed by atoms with Crippen molar-refractivity contribution in [2.45, 2.75) is 77.2 Å². The summed E-state index contributed by atoms with van der Waals surface area (Å²) in [5.41, 5.74) is 4.90. The summed E-state index contributed by atoms with van der Waals surface area (Å²) < 4.78 is 2.72. The molecule has 0 aliphatic heterocycles. The van der Waals surface area contributed by atoms with Crippen LogP contribution in [0.4, 0.5) is 0 Å². The van der Waals surface area contributed by atoms with Crippen molar-refractivity contribution in [2.24, 2.45) is 0 Å². The van der Waals surface area contributed by atoms with E-state index >= 15 is 0 Å². The molecule has 3 rings (SSSR count). The van der Waals surface area contributed by atoms with Crippen molar-refractivity contribution in [2.75, 3.05) is 0 Å². The van der Waals surface area contributed by atoms with Crippen LogP contribution in [0, 0.1) is 6.92 Å². The molecule has 1 heteroatoms. The Morgan fingerprint density at radius 1 is 0.941 bits per heavy atom. The van der Waals surface area contributed by atoms with Crippen LogP contribution in [-0.2, 0) is 12.8 Å². The molecule has 17 heavy (non-hydrogen) atoms. The molecule has 0 atom stereocenters. The molecule has 0 saturated heterocycles. The lowest BCUT2D eigenvalue weighted by atomic mass is 9.94. The number of fused-ring (bicyclic) bond motifs is 1. The number of rotatable bonds is 1. The van der Waals surface area contributed by atoms with E-state index in [2.05, 4.69) is 17.6 Å². The van der Waals surface area contributed by atoms with Crippen molar-refractivity contribution >= 4 is 0 Å². The summed E-state index contributed by atoms with van der Waals surface area (Å²) in [5, 5.41) is 0. The van der Waals surface area contributed by atoms with Gasteiger partial charge in [0.25, 0.3) is 0 Å². The second-order valence-electron chi connectivity index (χ2n) is 5.98. The van der Waals surface area contributed by atoms with E-state index in [0.29, 0.717) is 0 Å². The van der Waals surface area contributed by atoms with E-state index in [1.54, 1.807) is 11.3 Å². The molecule has 0 aromatic carbocycles. The van der Waals surface area contributed by atoms with E-state index in [9.17, 15) is 0 Å². The molecule has 0 bridgehead atoms. The number of aromatic nitrogens is 1. The molecule has 0 N–H and O–H groups in total. The van der Waals surface area contributed by atoms with Gasteiger partial charge in [-0.05, 0) is 57.1 Å². The second-order valence-corrected chi connectivity index (χ2v) is 5.98. The van der Waals surface area contributed by atoms with Crippen molar-refractivity contribution < 1.29 is 0 Å². The molecule has 94 valence electrons. The largest absolute Gasteiger partial charge is 0.346 e. The van der Waals surface area contributed by atoms with Crippen LogP contribution >= 0.6 is 0 Å². The van der Waals surface area contributed by atoms with E-state index in [4.69, 9.17) is 0 Å². The molecule has 1 aromatic rings. The molecular formula is C16H25N. The molecule has 2 aliphatic carbocycles. The zero-order valence-electron chi connectivity index (χ0n) is 11.2. The highest BCUT2D eigenvalue weighted by Gasteiger charge is 2.22. The molecule has 2 aliphatic rings. The van der Waals surface area contributed by atoms with Gasteiger partial charge in [-0.15, -0.1) is 0 Å². The van der Waals surface area contributed by atoms with Crippen LogP contribution in [0.5, 0.6) is 0 Å². The van der Waals surface area contributed by atoms with Gasteiger partial charge in [0.15, 0.2) is 0 Å². The first-order chi connectivity index (χ1) is 8.36. The third-order valence-electron chi connectivity index (χ3n) is 4.72. The van der Waals surface area contributed by atoms with Crippen molar-refractivity contribution in [3.8, 4) is 0 Å². The zero-order chi connectivity index (χ0) is 11.7. The van der Waals surface area contributed by atoms with Gasteiger partial charge in [-0.25, -0.2) is 0 Å². The standard InChI is InChI=1S/C16H25N/c1-13-12-14-8-4-2-7-11-16(14)17(13)15-9-5-3-6-10-15/h12,15H,2-11H2,1H3. The average molecular weight is 231 g/mol. The van der Waals surface area contributed by atoms with Crippen molar-refractivity contribution in [3.63, 3.8) is 0 Å². The Hall–Kier alpha value is -0.720. The van der Waals surface area contributed by atoms with Gasteiger partial charge in [-0.2, -0.15) is 0 Å². The molecule has 1 nitrogen and oxygen atoms in total. The van der Waals surface area contributed by atoms with Gasteiger partial charge in [0.1, 0.15) is 0 Å². The van der Waals surface area contributed by atoms with E-state index in [1.165, 1.54) is 69.9 Å². The van der Waals surface area contributed by atoms with Crippen molar-refractivity contribution in [3.05, 3.63) is 23.0 Å². The summed E-state index contributed by atoms with van der Waals surface area (Å²) in [6.07, 6.45) is 14.1.